The van der Waals surface area contributed by atoms with Crippen LogP contribution in [0.3, 0.4) is 0 Å². The van der Waals surface area contributed by atoms with Crippen molar-refractivity contribution in [1.82, 2.24) is 5.32 Å². The Morgan fingerprint density at radius 3 is 2.92 bits per heavy atom. The van der Waals surface area contributed by atoms with Crippen molar-refractivity contribution in [3.8, 4) is 11.5 Å². The summed E-state index contributed by atoms with van der Waals surface area (Å²) < 4.78 is 25.2. The average molecular weight is 360 g/mol. The Morgan fingerprint density at radius 2 is 2.16 bits per heavy atom. The second-order valence-corrected chi connectivity index (χ2v) is 6.33. The Labute approximate surface area is 152 Å². The molecule has 132 valence electrons. The van der Waals surface area contributed by atoms with Gasteiger partial charge in [-0.1, -0.05) is 12.1 Å². The number of anilines is 1. The lowest BCUT2D eigenvalue weighted by Gasteiger charge is -2.15. The van der Waals surface area contributed by atoms with Crippen molar-refractivity contribution in [1.29, 1.82) is 0 Å². The van der Waals surface area contributed by atoms with E-state index < -0.39 is 0 Å². The van der Waals surface area contributed by atoms with E-state index in [2.05, 4.69) is 10.6 Å². The fraction of sp³-hybridized carbons (Fsp3) is 0.316. The normalized spacial score (nSPS) is 15.2. The number of halogens is 1. The van der Waals surface area contributed by atoms with Gasteiger partial charge >= 0.3 is 0 Å². The number of hydrogen-bond donors (Lipinski definition) is 2. The highest BCUT2D eigenvalue weighted by molar-refractivity contribution is 7.80. The molecule has 6 heteroatoms. The van der Waals surface area contributed by atoms with Crippen LogP contribution in [0.5, 0.6) is 11.5 Å². The fourth-order valence-electron chi connectivity index (χ4n) is 2.81. The molecular weight excluding hydrogens is 339 g/mol. The average Bonchev–Trinajstić information content (AvgIpc) is 2.94. The van der Waals surface area contributed by atoms with Gasteiger partial charge in [-0.05, 0) is 50.3 Å². The van der Waals surface area contributed by atoms with Crippen LogP contribution in [-0.4, -0.2) is 17.8 Å². The van der Waals surface area contributed by atoms with Gasteiger partial charge in [0.1, 0.15) is 23.4 Å². The summed E-state index contributed by atoms with van der Waals surface area (Å²) in [5, 5.41) is 6.31. The topological polar surface area (TPSA) is 42.5 Å². The summed E-state index contributed by atoms with van der Waals surface area (Å²) in [4.78, 5) is 0. The monoisotopic (exact) mass is 360 g/mol. The molecule has 25 heavy (non-hydrogen) atoms. The maximum absolute atomic E-state index is 13.7. The molecule has 0 aliphatic carbocycles. The van der Waals surface area contributed by atoms with Gasteiger partial charge in [-0.15, -0.1) is 0 Å². The van der Waals surface area contributed by atoms with Gasteiger partial charge in [0, 0.05) is 24.1 Å². The molecule has 1 aliphatic rings. The zero-order chi connectivity index (χ0) is 17.8. The molecule has 4 nitrogen and oxygen atoms in total. The Kier molecular flexibility index (Phi) is 5.38. The predicted octanol–water partition coefficient (Wildman–Crippen LogP) is 4.03. The van der Waals surface area contributed by atoms with Crippen molar-refractivity contribution < 1.29 is 13.9 Å². The summed E-state index contributed by atoms with van der Waals surface area (Å²) in [5.74, 6) is 1.36. The molecule has 0 fully saturated rings. The van der Waals surface area contributed by atoms with Gasteiger partial charge in [-0.2, -0.15) is 0 Å². The van der Waals surface area contributed by atoms with Gasteiger partial charge in [-0.3, -0.25) is 0 Å². The minimum Gasteiger partial charge on any atom is -0.494 e. The highest BCUT2D eigenvalue weighted by Crippen LogP contribution is 2.35. The molecule has 0 radical (unpaired) electrons. The summed E-state index contributed by atoms with van der Waals surface area (Å²) in [6.07, 6.45) is 1.06. The number of nitrogens with one attached hydrogen (secondary N) is 2. The molecule has 1 atom stereocenters. The Morgan fingerprint density at radius 1 is 1.36 bits per heavy atom. The standard InChI is InChI=1S/C19H21FN2O2S/c1-3-23-17-9-13-8-12(2)24-18(13)10-14(17)11-21-19(25)22-16-7-5-4-6-15(16)20/h4-7,9-10,12H,3,8,11H2,1-2H3,(H2,21,22,25)/t12-/m0/s1. The lowest BCUT2D eigenvalue weighted by Crippen LogP contribution is -2.28. The van der Waals surface area contributed by atoms with Gasteiger partial charge in [-0.25, -0.2) is 4.39 Å². The van der Waals surface area contributed by atoms with Crippen molar-refractivity contribution in [3.05, 3.63) is 53.3 Å². The molecule has 0 unspecified atom stereocenters. The van der Waals surface area contributed by atoms with Crippen LogP contribution in [0.15, 0.2) is 36.4 Å². The summed E-state index contributed by atoms with van der Waals surface area (Å²) in [6, 6.07) is 10.4. The first-order valence-electron chi connectivity index (χ1n) is 8.31. The van der Waals surface area contributed by atoms with Crippen molar-refractivity contribution in [2.45, 2.75) is 32.9 Å². The van der Waals surface area contributed by atoms with E-state index in [0.717, 1.165) is 29.0 Å². The molecule has 0 spiro atoms. The van der Waals surface area contributed by atoms with E-state index in [1.807, 2.05) is 26.0 Å². The third kappa shape index (κ3) is 4.20. The van der Waals surface area contributed by atoms with Crippen LogP contribution < -0.4 is 20.1 Å². The van der Waals surface area contributed by atoms with E-state index in [1.165, 1.54) is 6.07 Å². The SMILES string of the molecule is CCOc1cc2c(cc1CNC(=S)Nc1ccccc1F)O[C@@H](C)C2. The van der Waals surface area contributed by atoms with E-state index >= 15 is 0 Å². The molecule has 2 aromatic rings. The molecule has 0 saturated heterocycles. The molecule has 2 N–H and O–H groups in total. The molecule has 2 aromatic carbocycles. The number of thiocarbonyl (C=S) groups is 1. The summed E-state index contributed by atoms with van der Waals surface area (Å²) >= 11 is 5.26. The molecular formula is C19H21FN2O2S. The molecule has 1 aliphatic heterocycles. The van der Waals surface area contributed by atoms with Crippen LogP contribution in [-0.2, 0) is 13.0 Å². The van der Waals surface area contributed by atoms with Crippen molar-refractivity contribution in [2.24, 2.45) is 0 Å². The number of para-hydroxylation sites is 1. The molecule has 0 saturated carbocycles. The smallest absolute Gasteiger partial charge is 0.171 e. The molecule has 1 heterocycles. The third-order valence-corrected chi connectivity index (χ3v) is 4.19. The minimum atomic E-state index is -0.346. The van der Waals surface area contributed by atoms with Gasteiger partial charge in [0.2, 0.25) is 0 Å². The number of ether oxygens (including phenoxy) is 2. The maximum atomic E-state index is 13.7. The summed E-state index contributed by atoms with van der Waals surface area (Å²) in [7, 11) is 0. The second-order valence-electron chi connectivity index (χ2n) is 5.92. The first-order chi connectivity index (χ1) is 12.1. The van der Waals surface area contributed by atoms with Gasteiger partial charge in [0.05, 0.1) is 12.3 Å². The fourth-order valence-corrected chi connectivity index (χ4v) is 3.00. The van der Waals surface area contributed by atoms with Crippen LogP contribution in [0.2, 0.25) is 0 Å². The maximum Gasteiger partial charge on any atom is 0.171 e. The van der Waals surface area contributed by atoms with Crippen molar-refractivity contribution in [3.63, 3.8) is 0 Å². The number of fused-ring (bicyclic) bond motifs is 1. The zero-order valence-electron chi connectivity index (χ0n) is 14.3. The Bertz CT molecular complexity index is 782. The van der Waals surface area contributed by atoms with Gasteiger partial charge in [0.25, 0.3) is 0 Å². The van der Waals surface area contributed by atoms with Gasteiger partial charge in [0.15, 0.2) is 5.11 Å². The number of benzene rings is 2. The lowest BCUT2D eigenvalue weighted by atomic mass is 10.1. The predicted molar refractivity (Wildman–Crippen MR) is 101 cm³/mol. The first kappa shape index (κ1) is 17.5. The van der Waals surface area contributed by atoms with Crippen LogP contribution in [0.1, 0.15) is 25.0 Å². The van der Waals surface area contributed by atoms with Crippen LogP contribution in [0.25, 0.3) is 0 Å². The summed E-state index contributed by atoms with van der Waals surface area (Å²) in [5.41, 5.74) is 2.45. The van der Waals surface area contributed by atoms with Crippen molar-refractivity contribution >= 4 is 23.0 Å². The van der Waals surface area contributed by atoms with Crippen LogP contribution in [0, 0.1) is 5.82 Å². The molecule has 0 amide bonds. The Balaban J connectivity index is 1.69. The Hall–Kier alpha value is -2.34. The summed E-state index contributed by atoms with van der Waals surface area (Å²) in [6.45, 7) is 5.04. The largest absolute Gasteiger partial charge is 0.494 e. The van der Waals surface area contributed by atoms with Crippen LogP contribution >= 0.6 is 12.2 Å². The van der Waals surface area contributed by atoms with E-state index in [9.17, 15) is 4.39 Å². The van der Waals surface area contributed by atoms with E-state index in [-0.39, 0.29) is 11.9 Å². The van der Waals surface area contributed by atoms with Gasteiger partial charge < -0.3 is 20.1 Å². The van der Waals surface area contributed by atoms with Crippen LogP contribution in [0.4, 0.5) is 10.1 Å². The second kappa shape index (κ2) is 7.70. The van der Waals surface area contributed by atoms with Crippen molar-refractivity contribution in [2.75, 3.05) is 11.9 Å². The first-order valence-corrected chi connectivity index (χ1v) is 8.72. The molecule has 3 rings (SSSR count). The highest BCUT2D eigenvalue weighted by Gasteiger charge is 2.21. The van der Waals surface area contributed by atoms with E-state index in [0.29, 0.717) is 24.0 Å². The number of rotatable bonds is 5. The minimum absolute atomic E-state index is 0.177. The molecule has 0 bridgehead atoms. The third-order valence-electron chi connectivity index (χ3n) is 3.94. The number of hydrogen-bond acceptors (Lipinski definition) is 3. The quantitative estimate of drug-likeness (QED) is 0.788. The van der Waals surface area contributed by atoms with E-state index in [4.69, 9.17) is 21.7 Å². The highest BCUT2D eigenvalue weighted by atomic mass is 32.1. The van der Waals surface area contributed by atoms with E-state index in [1.54, 1.807) is 18.2 Å². The molecule has 0 aromatic heterocycles. The zero-order valence-corrected chi connectivity index (χ0v) is 15.1. The lowest BCUT2D eigenvalue weighted by molar-refractivity contribution is 0.254.